The van der Waals surface area contributed by atoms with E-state index in [1.807, 2.05) is 0 Å². The van der Waals surface area contributed by atoms with Crippen molar-refractivity contribution in [1.82, 2.24) is 19.5 Å². The Morgan fingerprint density at radius 2 is 1.60 bits per heavy atom. The Balaban J connectivity index is 1.44. The monoisotopic (exact) mass is 585 g/mol. The number of esters is 1. The zero-order valence-electron chi connectivity index (χ0n) is 23.9. The molecule has 40 heavy (non-hydrogen) atoms. The average Bonchev–Trinajstić information content (AvgIpc) is 3.35. The van der Waals surface area contributed by atoms with Crippen LogP contribution in [0.1, 0.15) is 96.8 Å². The first-order valence-corrected chi connectivity index (χ1v) is 16.4. The van der Waals surface area contributed by atoms with Gasteiger partial charge in [-0.2, -0.15) is 0 Å². The summed E-state index contributed by atoms with van der Waals surface area (Å²) < 4.78 is 29.1. The van der Waals surface area contributed by atoms with Crippen molar-refractivity contribution in [3.63, 3.8) is 0 Å². The van der Waals surface area contributed by atoms with Crippen LogP contribution in [0.25, 0.3) is 11.2 Å². The number of aromatic nitrogens is 4. The minimum absolute atomic E-state index is 0.0998. The summed E-state index contributed by atoms with van der Waals surface area (Å²) in [7, 11) is -4.09. The van der Waals surface area contributed by atoms with Gasteiger partial charge in [-0.1, -0.05) is 84.0 Å². The topological polar surface area (TPSA) is 172 Å². The lowest BCUT2D eigenvalue weighted by Gasteiger charge is -2.16. The van der Waals surface area contributed by atoms with Gasteiger partial charge in [0.1, 0.15) is 30.9 Å². The predicted molar refractivity (Wildman–Crippen MR) is 154 cm³/mol. The third kappa shape index (κ3) is 14.5. The van der Waals surface area contributed by atoms with E-state index in [9.17, 15) is 19.4 Å². The number of rotatable bonds is 24. The SMILES string of the molecule is CCCCCCCCCCCCCCCC(=O)OCC(O)COP(=O)(O)COCCn1cnc2c(N)ncnc21. The third-order valence-corrected chi connectivity index (χ3v) is 7.61. The quantitative estimate of drug-likeness (QED) is 0.0862. The van der Waals surface area contributed by atoms with Gasteiger partial charge < -0.3 is 34.3 Å². The van der Waals surface area contributed by atoms with Crippen LogP contribution in [0, 0.1) is 0 Å². The maximum Gasteiger partial charge on any atom is 0.353 e. The molecule has 0 amide bonds. The zero-order valence-corrected chi connectivity index (χ0v) is 24.8. The number of hydrogen-bond acceptors (Lipinski definition) is 10. The molecule has 4 N–H and O–H groups in total. The van der Waals surface area contributed by atoms with E-state index in [2.05, 4.69) is 21.9 Å². The van der Waals surface area contributed by atoms with E-state index in [1.165, 1.54) is 76.9 Å². The van der Waals surface area contributed by atoms with E-state index in [1.54, 1.807) is 4.57 Å². The molecule has 0 aliphatic carbocycles. The van der Waals surface area contributed by atoms with Gasteiger partial charge in [0.15, 0.2) is 11.5 Å². The summed E-state index contributed by atoms with van der Waals surface area (Å²) in [6, 6.07) is 0. The summed E-state index contributed by atoms with van der Waals surface area (Å²) in [4.78, 5) is 34.0. The lowest BCUT2D eigenvalue weighted by Crippen LogP contribution is -2.23. The highest BCUT2D eigenvalue weighted by Crippen LogP contribution is 2.41. The van der Waals surface area contributed by atoms with E-state index in [4.69, 9.17) is 19.7 Å². The second-order valence-electron chi connectivity index (χ2n) is 10.2. The van der Waals surface area contributed by atoms with Gasteiger partial charge in [0.25, 0.3) is 0 Å². The molecule has 0 spiro atoms. The smallest absolute Gasteiger partial charge is 0.353 e. The van der Waals surface area contributed by atoms with Crippen molar-refractivity contribution in [3.05, 3.63) is 12.7 Å². The van der Waals surface area contributed by atoms with Gasteiger partial charge in [-0.05, 0) is 6.42 Å². The fraction of sp³-hybridized carbons (Fsp3) is 0.778. The normalized spacial score (nSPS) is 13.9. The van der Waals surface area contributed by atoms with Gasteiger partial charge in [0, 0.05) is 13.0 Å². The number of carbonyl (C=O) groups excluding carboxylic acids is 1. The standard InChI is InChI=1S/C27H48N5O7P/c1-2-3-4-5-6-7-8-9-10-11-12-13-14-15-24(34)38-18-23(33)19-39-40(35,36)22-37-17-16-32-21-31-25-26(28)29-20-30-27(25)32/h20-21,23,33H,2-19,22H2,1H3,(H,35,36)(H2,28,29,30). The van der Waals surface area contributed by atoms with E-state index >= 15 is 0 Å². The minimum atomic E-state index is -4.09. The van der Waals surface area contributed by atoms with Gasteiger partial charge in [0.05, 0.1) is 19.5 Å². The fourth-order valence-corrected chi connectivity index (χ4v) is 5.08. The maximum atomic E-state index is 12.2. The second-order valence-corrected chi connectivity index (χ2v) is 12.0. The number of nitrogens with zero attached hydrogens (tertiary/aromatic N) is 4. The Morgan fingerprint density at radius 3 is 2.25 bits per heavy atom. The molecule has 0 aliphatic rings. The molecule has 2 rings (SSSR count). The molecule has 2 aromatic heterocycles. The van der Waals surface area contributed by atoms with E-state index in [-0.39, 0.29) is 19.0 Å². The van der Waals surface area contributed by atoms with Crippen LogP contribution in [-0.4, -0.2) is 67.8 Å². The molecule has 0 aliphatic heterocycles. The van der Waals surface area contributed by atoms with Crippen LogP contribution in [0.3, 0.4) is 0 Å². The molecule has 0 bridgehead atoms. The summed E-state index contributed by atoms with van der Waals surface area (Å²) in [5, 5.41) is 9.96. The van der Waals surface area contributed by atoms with Crippen LogP contribution in [0.2, 0.25) is 0 Å². The van der Waals surface area contributed by atoms with Crippen LogP contribution in [0.4, 0.5) is 5.82 Å². The highest BCUT2D eigenvalue weighted by atomic mass is 31.2. The Kier molecular flexibility index (Phi) is 16.9. The molecule has 2 heterocycles. The molecular formula is C27H48N5O7P. The van der Waals surface area contributed by atoms with Crippen molar-refractivity contribution in [1.29, 1.82) is 0 Å². The molecule has 0 saturated heterocycles. The lowest BCUT2D eigenvalue weighted by atomic mass is 10.0. The van der Waals surface area contributed by atoms with E-state index in [0.29, 0.717) is 24.1 Å². The molecule has 228 valence electrons. The van der Waals surface area contributed by atoms with Crippen LogP contribution in [-0.2, 0) is 29.9 Å². The Bertz CT molecular complexity index is 1020. The number of imidazole rings is 1. The van der Waals surface area contributed by atoms with Crippen LogP contribution in [0.15, 0.2) is 12.7 Å². The lowest BCUT2D eigenvalue weighted by molar-refractivity contribution is -0.147. The third-order valence-electron chi connectivity index (χ3n) is 6.55. The highest BCUT2D eigenvalue weighted by Gasteiger charge is 2.22. The van der Waals surface area contributed by atoms with Crippen LogP contribution in [0.5, 0.6) is 0 Å². The molecule has 0 fully saturated rings. The summed E-state index contributed by atoms with van der Waals surface area (Å²) in [5.74, 6) is -0.126. The number of aliphatic hydroxyl groups excluding tert-OH is 1. The number of anilines is 1. The summed E-state index contributed by atoms with van der Waals surface area (Å²) in [6.45, 7) is 1.92. The maximum absolute atomic E-state index is 12.2. The van der Waals surface area contributed by atoms with Crippen molar-refractivity contribution < 1.29 is 33.4 Å². The van der Waals surface area contributed by atoms with Crippen molar-refractivity contribution in [2.45, 2.75) is 109 Å². The number of hydrogen-bond donors (Lipinski definition) is 3. The van der Waals surface area contributed by atoms with Gasteiger partial charge in [-0.25, -0.2) is 15.0 Å². The Morgan fingerprint density at radius 1 is 0.975 bits per heavy atom. The molecule has 2 atom stereocenters. The number of ether oxygens (including phenoxy) is 2. The van der Waals surface area contributed by atoms with Crippen molar-refractivity contribution >= 4 is 30.5 Å². The molecule has 0 radical (unpaired) electrons. The molecule has 0 aromatic carbocycles. The molecule has 12 nitrogen and oxygen atoms in total. The van der Waals surface area contributed by atoms with Gasteiger partial charge >= 0.3 is 13.6 Å². The first kappa shape index (κ1) is 34.1. The van der Waals surface area contributed by atoms with Crippen molar-refractivity contribution in [2.24, 2.45) is 0 Å². The first-order valence-electron chi connectivity index (χ1n) is 14.6. The molecule has 2 unspecified atom stereocenters. The zero-order chi connectivity index (χ0) is 29.1. The average molecular weight is 586 g/mol. The van der Waals surface area contributed by atoms with Gasteiger partial charge in [-0.15, -0.1) is 0 Å². The minimum Gasteiger partial charge on any atom is -0.463 e. The summed E-state index contributed by atoms with van der Waals surface area (Å²) >= 11 is 0. The molecule has 13 heteroatoms. The second kappa shape index (κ2) is 19.9. The Labute approximate surface area is 237 Å². The predicted octanol–water partition coefficient (Wildman–Crippen LogP) is 4.97. The Hall–Kier alpha value is -2.11. The van der Waals surface area contributed by atoms with Crippen LogP contribution >= 0.6 is 7.60 Å². The van der Waals surface area contributed by atoms with E-state index in [0.717, 1.165) is 19.3 Å². The number of unbranched alkanes of at least 4 members (excludes halogenated alkanes) is 12. The summed E-state index contributed by atoms with van der Waals surface area (Å²) in [5.41, 5.74) is 6.75. The number of nitrogens with two attached hydrogens (primary N) is 1. The van der Waals surface area contributed by atoms with Crippen molar-refractivity contribution in [3.8, 4) is 0 Å². The van der Waals surface area contributed by atoms with Crippen molar-refractivity contribution in [2.75, 3.05) is 31.9 Å². The van der Waals surface area contributed by atoms with Gasteiger partial charge in [0.2, 0.25) is 0 Å². The van der Waals surface area contributed by atoms with Gasteiger partial charge in [-0.3, -0.25) is 9.36 Å². The molecule has 0 saturated carbocycles. The summed E-state index contributed by atoms with van der Waals surface area (Å²) in [6.07, 6.45) is 17.4. The molecular weight excluding hydrogens is 537 g/mol. The van der Waals surface area contributed by atoms with E-state index < -0.39 is 32.6 Å². The number of fused-ring (bicyclic) bond motifs is 1. The largest absolute Gasteiger partial charge is 0.463 e. The fourth-order valence-electron chi connectivity index (χ4n) is 4.24. The van der Waals surface area contributed by atoms with Crippen LogP contribution < -0.4 is 5.73 Å². The number of aliphatic hydroxyl groups is 1. The first-order chi connectivity index (χ1) is 19.3. The highest BCUT2D eigenvalue weighted by molar-refractivity contribution is 7.52. The number of carbonyl (C=O) groups is 1. The molecule has 2 aromatic rings. The number of nitrogen functional groups attached to an aromatic ring is 1.